The monoisotopic (exact) mass is 586 g/mol. The van der Waals surface area contributed by atoms with Gasteiger partial charge in [0.2, 0.25) is 15.9 Å². The van der Waals surface area contributed by atoms with Gasteiger partial charge in [-0.25, -0.2) is 13.1 Å². The molecule has 0 heterocycles. The summed E-state index contributed by atoms with van der Waals surface area (Å²) in [4.78, 5) is 14.0. The Labute approximate surface area is 247 Å². The van der Waals surface area contributed by atoms with E-state index in [9.17, 15) is 13.2 Å². The lowest BCUT2D eigenvalue weighted by molar-refractivity contribution is -0.116. The molecule has 0 fully saturated rings. The number of hydrogen-bond acceptors (Lipinski definition) is 5. The average Bonchev–Trinajstić information content (AvgIpc) is 2.92. The van der Waals surface area contributed by atoms with Gasteiger partial charge in [-0.15, -0.1) is 0 Å². The van der Waals surface area contributed by atoms with E-state index < -0.39 is 21.6 Å². The van der Waals surface area contributed by atoms with Crippen molar-refractivity contribution in [2.24, 2.45) is 5.73 Å². The highest BCUT2D eigenvalue weighted by atomic mass is 32.2. The summed E-state index contributed by atoms with van der Waals surface area (Å²) in [7, 11) is -3.75. The van der Waals surface area contributed by atoms with Crippen LogP contribution in [0.5, 0.6) is 0 Å². The van der Waals surface area contributed by atoms with E-state index >= 15 is 0 Å². The summed E-state index contributed by atoms with van der Waals surface area (Å²) in [6, 6.07) is 30.5. The fraction of sp³-hybridized carbons (Fsp3) is 0.188. The highest BCUT2D eigenvalue weighted by molar-refractivity contribution is 7.89. The lowest BCUT2D eigenvalue weighted by Crippen LogP contribution is -2.40. The zero-order chi connectivity index (χ0) is 29.6. The van der Waals surface area contributed by atoms with Crippen molar-refractivity contribution in [2.75, 3.05) is 10.6 Å². The number of nitrogens with one attached hydrogen (secondary N) is 3. The van der Waals surface area contributed by atoms with E-state index in [0.29, 0.717) is 28.8 Å². The SMILES string of the molecule is CC(C)(C)NS(=O)(=O)c1ccccc1-c1ccc(NC(=O)[C@H](Cc2ccccc2)Nc2cccc(C(N)=S)c2)cc1. The number of rotatable bonds is 10. The standard InChI is InChI=1S/C32H34N4O3S2/c1-32(2,3)36-41(38,39)29-15-8-7-14-27(29)23-16-18-25(19-17-23)35-31(37)28(20-22-10-5-4-6-11-22)34-26-13-9-12-24(21-26)30(33)40/h4-19,21,28,34,36H,20H2,1-3H3,(H2,33,40)(H,35,37)/t28-/m0/s1. The van der Waals surface area contributed by atoms with Crippen molar-refractivity contribution in [3.05, 3.63) is 114 Å². The fourth-order valence-corrected chi connectivity index (χ4v) is 6.16. The van der Waals surface area contributed by atoms with E-state index in [4.69, 9.17) is 18.0 Å². The Morgan fingerprint density at radius 3 is 2.17 bits per heavy atom. The number of thiocarbonyl (C=S) groups is 1. The van der Waals surface area contributed by atoms with Crippen LogP contribution in [0, 0.1) is 0 Å². The Kier molecular flexibility index (Phi) is 9.22. The molecular formula is C32H34N4O3S2. The molecule has 0 aliphatic carbocycles. The zero-order valence-corrected chi connectivity index (χ0v) is 24.9. The van der Waals surface area contributed by atoms with Gasteiger partial charge in [0.05, 0.1) is 4.90 Å². The number of hydrogen-bond donors (Lipinski definition) is 4. The van der Waals surface area contributed by atoms with E-state index in [1.54, 1.807) is 69.3 Å². The average molecular weight is 587 g/mol. The Balaban J connectivity index is 1.56. The summed E-state index contributed by atoms with van der Waals surface area (Å²) in [5, 5.41) is 6.31. The first kappa shape index (κ1) is 29.9. The molecule has 7 nitrogen and oxygen atoms in total. The third-order valence-electron chi connectivity index (χ3n) is 6.17. The van der Waals surface area contributed by atoms with Crippen molar-refractivity contribution in [2.45, 2.75) is 43.7 Å². The number of carbonyl (C=O) groups excluding carboxylic acids is 1. The van der Waals surface area contributed by atoms with E-state index in [-0.39, 0.29) is 15.8 Å². The lowest BCUT2D eigenvalue weighted by atomic mass is 10.0. The van der Waals surface area contributed by atoms with E-state index in [0.717, 1.165) is 11.3 Å². The summed E-state index contributed by atoms with van der Waals surface area (Å²) >= 11 is 5.11. The van der Waals surface area contributed by atoms with Crippen molar-refractivity contribution in [1.29, 1.82) is 0 Å². The maximum Gasteiger partial charge on any atom is 0.247 e. The van der Waals surface area contributed by atoms with Gasteiger partial charge in [0.1, 0.15) is 11.0 Å². The minimum atomic E-state index is -3.75. The number of benzene rings is 4. The number of sulfonamides is 1. The molecule has 4 aromatic rings. The first-order chi connectivity index (χ1) is 19.4. The number of anilines is 2. The highest BCUT2D eigenvalue weighted by Crippen LogP contribution is 2.29. The van der Waals surface area contributed by atoms with E-state index in [2.05, 4.69) is 15.4 Å². The predicted molar refractivity (Wildman–Crippen MR) is 170 cm³/mol. The quantitative estimate of drug-likeness (QED) is 0.177. The highest BCUT2D eigenvalue weighted by Gasteiger charge is 2.25. The second-order valence-corrected chi connectivity index (χ2v) is 12.8. The molecule has 0 saturated carbocycles. The molecule has 0 radical (unpaired) electrons. The summed E-state index contributed by atoms with van der Waals surface area (Å²) in [5.41, 5.74) is 9.49. The molecular weight excluding hydrogens is 553 g/mol. The Morgan fingerprint density at radius 2 is 1.51 bits per heavy atom. The molecule has 0 unspecified atom stereocenters. The van der Waals surface area contributed by atoms with Gasteiger partial charge in [0, 0.05) is 34.5 Å². The van der Waals surface area contributed by atoms with Crippen LogP contribution in [-0.2, 0) is 21.2 Å². The third-order valence-corrected chi connectivity index (χ3v) is 8.22. The zero-order valence-electron chi connectivity index (χ0n) is 23.2. The molecule has 0 saturated heterocycles. The smallest absolute Gasteiger partial charge is 0.247 e. The summed E-state index contributed by atoms with van der Waals surface area (Å²) in [5.74, 6) is -0.223. The van der Waals surface area contributed by atoms with Crippen LogP contribution < -0.4 is 21.1 Å². The van der Waals surface area contributed by atoms with Gasteiger partial charge in [-0.05, 0) is 62.2 Å². The van der Waals surface area contributed by atoms with Gasteiger partial charge in [-0.3, -0.25) is 4.79 Å². The van der Waals surface area contributed by atoms with Crippen LogP contribution in [-0.4, -0.2) is 30.9 Å². The maximum absolute atomic E-state index is 13.5. The Hall–Kier alpha value is -4.05. The molecule has 1 atom stereocenters. The molecule has 212 valence electrons. The van der Waals surface area contributed by atoms with Crippen molar-refractivity contribution >= 4 is 44.5 Å². The van der Waals surface area contributed by atoms with Gasteiger partial charge < -0.3 is 16.4 Å². The summed E-state index contributed by atoms with van der Waals surface area (Å²) in [6.07, 6.45) is 0.452. The first-order valence-corrected chi connectivity index (χ1v) is 15.0. The molecule has 5 N–H and O–H groups in total. The number of nitrogens with two attached hydrogens (primary N) is 1. The predicted octanol–water partition coefficient (Wildman–Crippen LogP) is 5.73. The van der Waals surface area contributed by atoms with Crippen molar-refractivity contribution in [1.82, 2.24) is 4.72 Å². The molecule has 4 aromatic carbocycles. The van der Waals surface area contributed by atoms with Crippen molar-refractivity contribution < 1.29 is 13.2 Å². The first-order valence-electron chi connectivity index (χ1n) is 13.2. The molecule has 1 amide bonds. The van der Waals surface area contributed by atoms with Crippen LogP contribution in [0.1, 0.15) is 31.9 Å². The lowest BCUT2D eigenvalue weighted by Gasteiger charge is -2.22. The third kappa shape index (κ3) is 8.23. The van der Waals surface area contributed by atoms with E-state index in [1.807, 2.05) is 54.6 Å². The van der Waals surface area contributed by atoms with Crippen LogP contribution in [0.15, 0.2) is 108 Å². The van der Waals surface area contributed by atoms with E-state index in [1.165, 1.54) is 0 Å². The van der Waals surface area contributed by atoms with Crippen LogP contribution in [0.4, 0.5) is 11.4 Å². The van der Waals surface area contributed by atoms with Crippen LogP contribution in [0.3, 0.4) is 0 Å². The minimum Gasteiger partial charge on any atom is -0.389 e. The van der Waals surface area contributed by atoms with Crippen LogP contribution in [0.2, 0.25) is 0 Å². The minimum absolute atomic E-state index is 0.193. The second-order valence-electron chi connectivity index (χ2n) is 10.7. The van der Waals surface area contributed by atoms with Gasteiger partial charge in [0.15, 0.2) is 0 Å². The van der Waals surface area contributed by atoms with Gasteiger partial charge in [0.25, 0.3) is 0 Å². The van der Waals surface area contributed by atoms with Gasteiger partial charge in [-0.1, -0.05) is 85.0 Å². The molecule has 0 aliphatic rings. The molecule has 0 spiro atoms. The topological polar surface area (TPSA) is 113 Å². The molecule has 0 bridgehead atoms. The summed E-state index contributed by atoms with van der Waals surface area (Å²) < 4.78 is 28.9. The van der Waals surface area contributed by atoms with Gasteiger partial charge in [-0.2, -0.15) is 0 Å². The molecule has 0 aromatic heterocycles. The largest absolute Gasteiger partial charge is 0.389 e. The van der Waals surface area contributed by atoms with Crippen LogP contribution in [0.25, 0.3) is 11.1 Å². The van der Waals surface area contributed by atoms with Gasteiger partial charge >= 0.3 is 0 Å². The molecule has 9 heteroatoms. The fourth-order valence-electron chi connectivity index (χ4n) is 4.38. The Morgan fingerprint density at radius 1 is 0.854 bits per heavy atom. The number of carbonyl (C=O) groups is 1. The summed E-state index contributed by atoms with van der Waals surface area (Å²) in [6.45, 7) is 5.40. The van der Waals surface area contributed by atoms with Crippen molar-refractivity contribution in [3.8, 4) is 11.1 Å². The van der Waals surface area contributed by atoms with Crippen LogP contribution >= 0.6 is 12.2 Å². The van der Waals surface area contributed by atoms with Crippen molar-refractivity contribution in [3.63, 3.8) is 0 Å². The second kappa shape index (κ2) is 12.6. The molecule has 41 heavy (non-hydrogen) atoms. The molecule has 0 aliphatic heterocycles. The normalized spacial score (nSPS) is 12.4. The molecule has 4 rings (SSSR count). The maximum atomic E-state index is 13.5. The number of amides is 1. The Bertz CT molecular complexity index is 1630.